The number of anilines is 1. The Morgan fingerprint density at radius 2 is 2.10 bits per heavy atom. The van der Waals surface area contributed by atoms with Crippen LogP contribution in [0.5, 0.6) is 0 Å². The van der Waals surface area contributed by atoms with Crippen molar-refractivity contribution in [2.75, 3.05) is 57.9 Å². The summed E-state index contributed by atoms with van der Waals surface area (Å²) in [4.78, 5) is 20.8. The number of ether oxygens (including phenoxy) is 1. The lowest BCUT2D eigenvalue weighted by Crippen LogP contribution is -2.46. The molecule has 1 N–H and O–H groups in total. The lowest BCUT2D eigenvalue weighted by molar-refractivity contribution is 0.0932. The monoisotopic (exact) mass is 292 g/mol. The number of methoxy groups -OCH3 is 1. The van der Waals surface area contributed by atoms with Gasteiger partial charge in [0.2, 0.25) is 0 Å². The number of rotatable bonds is 6. The van der Waals surface area contributed by atoms with E-state index in [1.807, 2.05) is 6.07 Å². The molecule has 1 aromatic rings. The molecule has 0 saturated carbocycles. The van der Waals surface area contributed by atoms with Crippen LogP contribution >= 0.6 is 0 Å². The second-order valence-electron chi connectivity index (χ2n) is 5.07. The molecule has 1 aromatic heterocycles. The Balaban J connectivity index is 1.88. The van der Waals surface area contributed by atoms with Gasteiger partial charge in [-0.15, -0.1) is 0 Å². The Bertz CT molecular complexity index is 441. The minimum atomic E-state index is -0.158. The van der Waals surface area contributed by atoms with E-state index in [0.29, 0.717) is 18.8 Å². The van der Waals surface area contributed by atoms with Crippen molar-refractivity contribution in [3.05, 3.63) is 24.0 Å². The average Bonchev–Trinajstić information content (AvgIpc) is 2.55. The second-order valence-corrected chi connectivity index (χ2v) is 5.07. The van der Waals surface area contributed by atoms with Gasteiger partial charge < -0.3 is 19.9 Å². The first kappa shape index (κ1) is 15.7. The molecule has 0 aliphatic carbocycles. The molecule has 1 saturated heterocycles. The summed E-state index contributed by atoms with van der Waals surface area (Å²) in [7, 11) is 1.61. The van der Waals surface area contributed by atoms with Gasteiger partial charge >= 0.3 is 0 Å². The van der Waals surface area contributed by atoms with Crippen LogP contribution in [-0.4, -0.2) is 68.8 Å². The smallest absolute Gasteiger partial charge is 0.269 e. The minimum absolute atomic E-state index is 0.158. The van der Waals surface area contributed by atoms with Crippen LogP contribution in [0.1, 0.15) is 17.4 Å². The van der Waals surface area contributed by atoms with E-state index in [0.717, 1.165) is 38.4 Å². The van der Waals surface area contributed by atoms with Crippen LogP contribution in [-0.2, 0) is 4.74 Å². The van der Waals surface area contributed by atoms with Crippen LogP contribution in [0.4, 0.5) is 5.69 Å². The molecule has 0 atom stereocenters. The van der Waals surface area contributed by atoms with Crippen LogP contribution in [0, 0.1) is 0 Å². The largest absolute Gasteiger partial charge is 0.383 e. The fourth-order valence-corrected chi connectivity index (χ4v) is 2.39. The molecular formula is C15H24N4O2. The third-order valence-corrected chi connectivity index (χ3v) is 3.76. The van der Waals surface area contributed by atoms with Crippen molar-refractivity contribution in [3.8, 4) is 0 Å². The molecule has 21 heavy (non-hydrogen) atoms. The first-order chi connectivity index (χ1) is 10.2. The zero-order valence-electron chi connectivity index (χ0n) is 12.8. The average molecular weight is 292 g/mol. The Hall–Kier alpha value is -1.66. The number of pyridine rings is 1. The molecule has 1 aliphatic heterocycles. The third-order valence-electron chi connectivity index (χ3n) is 3.76. The predicted molar refractivity (Wildman–Crippen MR) is 82.8 cm³/mol. The summed E-state index contributed by atoms with van der Waals surface area (Å²) in [6.07, 6.45) is 1.78. The second kappa shape index (κ2) is 7.95. The summed E-state index contributed by atoms with van der Waals surface area (Å²) in [6, 6.07) is 3.75. The summed E-state index contributed by atoms with van der Waals surface area (Å²) in [5.41, 5.74) is 1.53. The van der Waals surface area contributed by atoms with Crippen LogP contribution < -0.4 is 10.2 Å². The van der Waals surface area contributed by atoms with Crippen molar-refractivity contribution in [2.45, 2.75) is 6.92 Å². The number of carbonyl (C=O) groups is 1. The van der Waals surface area contributed by atoms with E-state index in [9.17, 15) is 4.79 Å². The molecule has 0 aromatic carbocycles. The van der Waals surface area contributed by atoms with E-state index in [1.54, 1.807) is 19.4 Å². The maximum absolute atomic E-state index is 11.8. The summed E-state index contributed by atoms with van der Waals surface area (Å²) in [6.45, 7) is 8.47. The maximum Gasteiger partial charge on any atom is 0.269 e. The molecular weight excluding hydrogens is 268 g/mol. The lowest BCUT2D eigenvalue weighted by atomic mass is 10.2. The molecule has 0 radical (unpaired) electrons. The molecule has 6 nitrogen and oxygen atoms in total. The Kier molecular flexibility index (Phi) is 5.95. The van der Waals surface area contributed by atoms with Crippen molar-refractivity contribution < 1.29 is 9.53 Å². The maximum atomic E-state index is 11.8. The number of amides is 1. The van der Waals surface area contributed by atoms with E-state index >= 15 is 0 Å². The van der Waals surface area contributed by atoms with Gasteiger partial charge in [-0.25, -0.2) is 4.98 Å². The molecule has 2 heterocycles. The normalized spacial score (nSPS) is 16.0. The molecule has 116 valence electrons. The van der Waals surface area contributed by atoms with E-state index in [4.69, 9.17) is 4.74 Å². The molecule has 1 fully saturated rings. The molecule has 1 amide bonds. The summed E-state index contributed by atoms with van der Waals surface area (Å²) in [5, 5.41) is 2.77. The number of hydrogen-bond donors (Lipinski definition) is 1. The molecule has 0 spiro atoms. The summed E-state index contributed by atoms with van der Waals surface area (Å²) < 4.78 is 4.90. The van der Waals surface area contributed by atoms with E-state index in [2.05, 4.69) is 27.0 Å². The van der Waals surface area contributed by atoms with E-state index in [1.165, 1.54) is 0 Å². The summed E-state index contributed by atoms with van der Waals surface area (Å²) >= 11 is 0. The van der Waals surface area contributed by atoms with Crippen LogP contribution in [0.15, 0.2) is 18.3 Å². The van der Waals surface area contributed by atoms with Crippen LogP contribution in [0.25, 0.3) is 0 Å². The standard InChI is InChI=1S/C15H24N4O2/c1-3-18-7-9-19(10-8-18)13-4-5-14(17-12-13)15(20)16-6-11-21-2/h4-5,12H,3,6-11H2,1-2H3,(H,16,20). The zero-order chi connectivity index (χ0) is 15.1. The van der Waals surface area contributed by atoms with Gasteiger partial charge in [0.05, 0.1) is 18.5 Å². The van der Waals surface area contributed by atoms with Gasteiger partial charge in [0.1, 0.15) is 5.69 Å². The predicted octanol–water partition coefficient (Wildman–Crippen LogP) is 0.600. The van der Waals surface area contributed by atoms with Gasteiger partial charge in [-0.1, -0.05) is 6.92 Å². The Morgan fingerprint density at radius 3 is 2.67 bits per heavy atom. The van der Waals surface area contributed by atoms with Crippen molar-refractivity contribution in [3.63, 3.8) is 0 Å². The van der Waals surface area contributed by atoms with E-state index < -0.39 is 0 Å². The molecule has 6 heteroatoms. The summed E-state index contributed by atoms with van der Waals surface area (Å²) in [5.74, 6) is -0.158. The topological polar surface area (TPSA) is 57.7 Å². The van der Waals surface area contributed by atoms with E-state index in [-0.39, 0.29) is 5.91 Å². The molecule has 2 rings (SSSR count). The number of nitrogens with zero attached hydrogens (tertiary/aromatic N) is 3. The van der Waals surface area contributed by atoms with Crippen molar-refractivity contribution in [1.29, 1.82) is 0 Å². The number of aromatic nitrogens is 1. The first-order valence-electron chi connectivity index (χ1n) is 7.45. The molecule has 0 bridgehead atoms. The quantitative estimate of drug-likeness (QED) is 0.778. The fourth-order valence-electron chi connectivity index (χ4n) is 2.39. The van der Waals surface area contributed by atoms with Crippen molar-refractivity contribution >= 4 is 11.6 Å². The number of likely N-dealkylation sites (N-methyl/N-ethyl adjacent to an activating group) is 1. The highest BCUT2D eigenvalue weighted by Crippen LogP contribution is 2.15. The molecule has 0 unspecified atom stereocenters. The number of carbonyl (C=O) groups excluding carboxylic acids is 1. The van der Waals surface area contributed by atoms with Gasteiger partial charge in [0.25, 0.3) is 5.91 Å². The minimum Gasteiger partial charge on any atom is -0.383 e. The highest BCUT2D eigenvalue weighted by molar-refractivity contribution is 5.92. The molecule has 1 aliphatic rings. The third kappa shape index (κ3) is 4.41. The highest BCUT2D eigenvalue weighted by atomic mass is 16.5. The van der Waals surface area contributed by atoms with Gasteiger partial charge in [-0.2, -0.15) is 0 Å². The Labute approximate surface area is 126 Å². The van der Waals surface area contributed by atoms with Gasteiger partial charge in [-0.3, -0.25) is 4.79 Å². The van der Waals surface area contributed by atoms with Gasteiger partial charge in [0, 0.05) is 39.8 Å². The lowest BCUT2D eigenvalue weighted by Gasteiger charge is -2.35. The fraction of sp³-hybridized carbons (Fsp3) is 0.600. The van der Waals surface area contributed by atoms with Crippen molar-refractivity contribution in [1.82, 2.24) is 15.2 Å². The van der Waals surface area contributed by atoms with Gasteiger partial charge in [0.15, 0.2) is 0 Å². The SMILES string of the molecule is CCN1CCN(c2ccc(C(=O)NCCOC)nc2)CC1. The first-order valence-corrected chi connectivity index (χ1v) is 7.45. The highest BCUT2D eigenvalue weighted by Gasteiger charge is 2.16. The van der Waals surface area contributed by atoms with Crippen LogP contribution in [0.2, 0.25) is 0 Å². The zero-order valence-corrected chi connectivity index (χ0v) is 12.8. The van der Waals surface area contributed by atoms with Gasteiger partial charge in [-0.05, 0) is 18.7 Å². The number of hydrogen-bond acceptors (Lipinski definition) is 5. The van der Waals surface area contributed by atoms with Crippen molar-refractivity contribution in [2.24, 2.45) is 0 Å². The van der Waals surface area contributed by atoms with Crippen LogP contribution in [0.3, 0.4) is 0 Å². The Morgan fingerprint density at radius 1 is 1.33 bits per heavy atom. The number of nitrogens with one attached hydrogen (secondary N) is 1. The number of piperazine rings is 1.